The van der Waals surface area contributed by atoms with Crippen LogP contribution in [0.15, 0.2) is 4.52 Å². The zero-order chi connectivity index (χ0) is 18.7. The minimum atomic E-state index is -0.256. The van der Waals surface area contributed by atoms with E-state index in [9.17, 15) is 0 Å². The van der Waals surface area contributed by atoms with Gasteiger partial charge in [0, 0.05) is 18.3 Å². The lowest BCUT2D eigenvalue weighted by atomic mass is 9.92. The molecule has 8 heteroatoms. The Morgan fingerprint density at radius 2 is 2.04 bits per heavy atom. The molecule has 1 aromatic heterocycles. The first-order valence-corrected chi connectivity index (χ1v) is 10.1. The third kappa shape index (κ3) is 5.19. The van der Waals surface area contributed by atoms with Gasteiger partial charge >= 0.3 is 0 Å². The van der Waals surface area contributed by atoms with Crippen LogP contribution in [0, 0.1) is 12.8 Å². The fourth-order valence-electron chi connectivity index (χ4n) is 3.76. The summed E-state index contributed by atoms with van der Waals surface area (Å²) in [6, 6.07) is 0.441. The van der Waals surface area contributed by atoms with Gasteiger partial charge in [0.25, 0.3) is 0 Å². The monoisotopic (exact) mass is 384 g/mol. The Kier molecular flexibility index (Phi) is 6.61. The van der Waals surface area contributed by atoms with Crippen LogP contribution in [0.3, 0.4) is 0 Å². The summed E-state index contributed by atoms with van der Waals surface area (Å²) in [4.78, 5) is 4.48. The van der Waals surface area contributed by atoms with Gasteiger partial charge in [0.05, 0.1) is 37.5 Å². The highest BCUT2D eigenvalue weighted by molar-refractivity contribution is 7.80. The van der Waals surface area contributed by atoms with Crippen LogP contribution >= 0.6 is 12.6 Å². The van der Waals surface area contributed by atoms with Crippen LogP contribution in [-0.2, 0) is 15.0 Å². The van der Waals surface area contributed by atoms with Crippen molar-refractivity contribution in [2.45, 2.75) is 76.1 Å². The molecule has 1 saturated carbocycles. The average Bonchev–Trinajstić information content (AvgIpc) is 3.35. The lowest BCUT2D eigenvalue weighted by Crippen LogP contribution is -2.48. The molecule has 26 heavy (non-hydrogen) atoms. The smallest absolute Gasteiger partial charge is 0.223 e. The lowest BCUT2D eigenvalue weighted by molar-refractivity contribution is 0.0124. The molecular formula is C18H32N4O3S. The van der Waals surface area contributed by atoms with Crippen molar-refractivity contribution in [2.24, 2.45) is 5.92 Å². The summed E-state index contributed by atoms with van der Waals surface area (Å²) in [5, 5.41) is 11.4. The Bertz CT molecular complexity index is 581. The second-order valence-electron chi connectivity index (χ2n) is 7.93. The predicted molar refractivity (Wildman–Crippen MR) is 102 cm³/mol. The molecule has 2 aliphatic rings. The zero-order valence-electron chi connectivity index (χ0n) is 16.2. The zero-order valence-corrected chi connectivity index (χ0v) is 17.1. The summed E-state index contributed by atoms with van der Waals surface area (Å²) in [7, 11) is 0. The summed E-state index contributed by atoms with van der Waals surface area (Å²) < 4.78 is 17.1. The van der Waals surface area contributed by atoms with Gasteiger partial charge in [-0.05, 0) is 46.0 Å². The van der Waals surface area contributed by atoms with Gasteiger partial charge in [0.15, 0.2) is 5.82 Å². The van der Waals surface area contributed by atoms with E-state index < -0.39 is 0 Å². The summed E-state index contributed by atoms with van der Waals surface area (Å²) in [6.07, 6.45) is 3.35. The van der Waals surface area contributed by atoms with Crippen molar-refractivity contribution in [3.8, 4) is 0 Å². The van der Waals surface area contributed by atoms with Crippen LogP contribution in [0.25, 0.3) is 0 Å². The van der Waals surface area contributed by atoms with E-state index >= 15 is 0 Å². The molecule has 2 heterocycles. The van der Waals surface area contributed by atoms with Crippen molar-refractivity contribution >= 4 is 12.6 Å². The molecule has 2 N–H and O–H groups in total. The molecule has 1 aromatic rings. The van der Waals surface area contributed by atoms with Gasteiger partial charge < -0.3 is 19.3 Å². The molecule has 2 fully saturated rings. The highest BCUT2D eigenvalue weighted by Crippen LogP contribution is 2.45. The summed E-state index contributed by atoms with van der Waals surface area (Å²) in [5.74, 6) is 1.92. The number of nitrogens with zero attached hydrogens (tertiary/aromatic N) is 2. The molecule has 3 rings (SSSR count). The van der Waals surface area contributed by atoms with E-state index in [2.05, 4.69) is 47.3 Å². The Morgan fingerprint density at radius 3 is 2.65 bits per heavy atom. The lowest BCUT2D eigenvalue weighted by Gasteiger charge is -2.32. The molecule has 1 saturated heterocycles. The Labute approximate surface area is 161 Å². The predicted octanol–water partition coefficient (Wildman–Crippen LogP) is 2.02. The van der Waals surface area contributed by atoms with Crippen LogP contribution in [0.4, 0.5) is 0 Å². The first kappa shape index (κ1) is 20.1. The van der Waals surface area contributed by atoms with E-state index in [4.69, 9.17) is 14.0 Å². The maximum Gasteiger partial charge on any atom is 0.223 e. The number of nitrogens with one attached hydrogen (secondary N) is 2. The van der Waals surface area contributed by atoms with Gasteiger partial charge in [-0.2, -0.15) is 17.6 Å². The average molecular weight is 385 g/mol. The van der Waals surface area contributed by atoms with Crippen molar-refractivity contribution in [1.29, 1.82) is 0 Å². The minimum Gasteiger partial charge on any atom is -0.377 e. The van der Waals surface area contributed by atoms with Gasteiger partial charge in [0.1, 0.15) is 0 Å². The largest absolute Gasteiger partial charge is 0.377 e. The molecule has 148 valence electrons. The molecule has 0 amide bonds. The van der Waals surface area contributed by atoms with E-state index in [0.717, 1.165) is 12.2 Å². The van der Waals surface area contributed by atoms with E-state index in [-0.39, 0.29) is 29.1 Å². The first-order chi connectivity index (χ1) is 12.4. The molecule has 5 atom stereocenters. The summed E-state index contributed by atoms with van der Waals surface area (Å²) >= 11 is 4.38. The summed E-state index contributed by atoms with van der Waals surface area (Å²) in [6.45, 7) is 10.1. The minimum absolute atomic E-state index is 0.0787. The molecule has 0 spiro atoms. The van der Waals surface area contributed by atoms with Gasteiger partial charge in [-0.25, -0.2) is 0 Å². The Hall–Kier alpha value is -0.670. The second-order valence-corrected chi connectivity index (χ2v) is 8.70. The maximum atomic E-state index is 6.08. The van der Waals surface area contributed by atoms with Crippen molar-refractivity contribution in [2.75, 3.05) is 19.8 Å². The highest BCUT2D eigenvalue weighted by Gasteiger charge is 2.46. The number of hydrogen-bond acceptors (Lipinski definition) is 8. The van der Waals surface area contributed by atoms with Gasteiger partial charge in [-0.3, -0.25) is 5.32 Å². The van der Waals surface area contributed by atoms with Crippen LogP contribution < -0.4 is 10.6 Å². The van der Waals surface area contributed by atoms with Crippen molar-refractivity contribution in [1.82, 2.24) is 20.8 Å². The topological polar surface area (TPSA) is 81.4 Å². The molecule has 0 bridgehead atoms. The van der Waals surface area contributed by atoms with Gasteiger partial charge in [-0.1, -0.05) is 5.16 Å². The maximum absolute atomic E-state index is 6.08. The van der Waals surface area contributed by atoms with E-state index in [1.54, 1.807) is 0 Å². The quantitative estimate of drug-likeness (QED) is 0.467. The number of aromatic nitrogens is 2. The second kappa shape index (κ2) is 8.56. The third-order valence-electron chi connectivity index (χ3n) is 5.18. The molecule has 1 aliphatic carbocycles. The number of aryl methyl sites for hydroxylation is 1. The normalized spacial score (nSPS) is 29.0. The molecule has 1 aliphatic heterocycles. The highest BCUT2D eigenvalue weighted by atomic mass is 32.1. The van der Waals surface area contributed by atoms with Gasteiger partial charge in [0.2, 0.25) is 5.89 Å². The Balaban J connectivity index is 1.55. The fraction of sp³-hybridized carbons (Fsp3) is 0.889. The molecule has 0 aromatic carbocycles. The van der Waals surface area contributed by atoms with Gasteiger partial charge in [-0.15, -0.1) is 0 Å². The van der Waals surface area contributed by atoms with Crippen LogP contribution in [0.5, 0.6) is 0 Å². The number of ether oxygens (including phenoxy) is 2. The summed E-state index contributed by atoms with van der Waals surface area (Å²) in [5.41, 5.74) is -0.256. The SMILES string of the molecule is Cc1nc(C(C)(NC(C)CC2COCC(NC(C)S)CO2)C2CC2)no1. The van der Waals surface area contributed by atoms with Crippen LogP contribution in [-0.4, -0.2) is 53.5 Å². The number of thiol groups is 1. The third-order valence-corrected chi connectivity index (χ3v) is 5.33. The van der Waals surface area contributed by atoms with E-state index in [1.165, 1.54) is 12.8 Å². The molecule has 5 unspecified atom stereocenters. The number of rotatable bonds is 8. The molecule has 0 radical (unpaired) electrons. The fourth-order valence-corrected chi connectivity index (χ4v) is 3.98. The van der Waals surface area contributed by atoms with E-state index in [1.807, 2.05) is 13.8 Å². The van der Waals surface area contributed by atoms with Crippen LogP contribution in [0.2, 0.25) is 0 Å². The molecular weight excluding hydrogens is 352 g/mol. The van der Waals surface area contributed by atoms with Crippen LogP contribution in [0.1, 0.15) is 51.7 Å². The van der Waals surface area contributed by atoms with Crippen molar-refractivity contribution in [3.63, 3.8) is 0 Å². The number of hydrogen-bond donors (Lipinski definition) is 3. The Morgan fingerprint density at radius 1 is 1.27 bits per heavy atom. The standard InChI is InChI=1S/C18H32N4O3S/c1-11(7-16-10-23-8-15(9-24-16)20-13(3)26)21-18(4,14-5-6-14)17-19-12(2)25-22-17/h11,13-16,20-21,26H,5-10H2,1-4H3. The first-order valence-electron chi connectivity index (χ1n) is 9.58. The van der Waals surface area contributed by atoms with Crippen molar-refractivity contribution in [3.05, 3.63) is 11.7 Å². The van der Waals surface area contributed by atoms with E-state index in [0.29, 0.717) is 31.6 Å². The van der Waals surface area contributed by atoms with Crippen molar-refractivity contribution < 1.29 is 14.0 Å². The molecule has 7 nitrogen and oxygen atoms in total.